The zero-order valence-corrected chi connectivity index (χ0v) is 17.9. The van der Waals surface area contributed by atoms with E-state index in [0.29, 0.717) is 11.4 Å². The second-order valence-corrected chi connectivity index (χ2v) is 7.31. The second-order valence-electron chi connectivity index (χ2n) is 6.50. The highest BCUT2D eigenvalue weighted by molar-refractivity contribution is 6.32. The van der Waals surface area contributed by atoms with Crippen LogP contribution in [0.15, 0.2) is 72.8 Å². The molecule has 8 heteroatoms. The number of amides is 2. The average Bonchev–Trinajstić information content (AvgIpc) is 2.73. The molecule has 0 atom stereocenters. The number of anilines is 2. The van der Waals surface area contributed by atoms with Crippen LogP contribution in [0.2, 0.25) is 10.0 Å². The molecule has 3 aromatic rings. The number of rotatable bonds is 6. The van der Waals surface area contributed by atoms with E-state index < -0.39 is 23.4 Å². The maximum absolute atomic E-state index is 13.8. The van der Waals surface area contributed by atoms with Crippen LogP contribution in [0.1, 0.15) is 11.1 Å². The van der Waals surface area contributed by atoms with Gasteiger partial charge in [0.15, 0.2) is 0 Å². The SMILES string of the molecule is O=C(C=Cc1c(F)cccc1Cl)Nc1cccc(NC(=O)C=Cc2c(F)cccc2Cl)c1. The van der Waals surface area contributed by atoms with Crippen LogP contribution in [0.5, 0.6) is 0 Å². The molecular weight excluding hydrogens is 457 g/mol. The number of halogens is 4. The minimum Gasteiger partial charge on any atom is -0.322 e. The van der Waals surface area contributed by atoms with Gasteiger partial charge in [-0.05, 0) is 54.6 Å². The fraction of sp³-hybridized carbons (Fsp3) is 0. The first-order chi connectivity index (χ1) is 15.3. The summed E-state index contributed by atoms with van der Waals surface area (Å²) in [6, 6.07) is 14.8. The van der Waals surface area contributed by atoms with Crippen LogP contribution in [0.4, 0.5) is 20.2 Å². The lowest BCUT2D eigenvalue weighted by molar-refractivity contribution is -0.112. The Morgan fingerprint density at radius 1 is 0.688 bits per heavy atom. The molecule has 2 N–H and O–H groups in total. The van der Waals surface area contributed by atoms with Gasteiger partial charge in [-0.25, -0.2) is 8.78 Å². The van der Waals surface area contributed by atoms with Crippen LogP contribution in [-0.4, -0.2) is 11.8 Å². The number of nitrogens with one attached hydrogen (secondary N) is 2. The Hall–Kier alpha value is -3.48. The molecule has 32 heavy (non-hydrogen) atoms. The number of carbonyl (C=O) groups excluding carboxylic acids is 2. The number of hydrogen-bond acceptors (Lipinski definition) is 2. The first-order valence-corrected chi connectivity index (χ1v) is 10.1. The van der Waals surface area contributed by atoms with Gasteiger partial charge < -0.3 is 10.6 Å². The highest BCUT2D eigenvalue weighted by Crippen LogP contribution is 2.22. The molecule has 3 rings (SSSR count). The van der Waals surface area contributed by atoms with Crippen molar-refractivity contribution in [3.05, 3.63) is 106 Å². The van der Waals surface area contributed by atoms with Crippen LogP contribution >= 0.6 is 23.2 Å². The maximum atomic E-state index is 13.8. The van der Waals surface area contributed by atoms with Gasteiger partial charge in [0.1, 0.15) is 11.6 Å². The molecule has 162 valence electrons. The summed E-state index contributed by atoms with van der Waals surface area (Å²) in [4.78, 5) is 24.3. The van der Waals surface area contributed by atoms with Crippen molar-refractivity contribution in [2.75, 3.05) is 10.6 Å². The topological polar surface area (TPSA) is 58.2 Å². The molecule has 0 saturated heterocycles. The van der Waals surface area contributed by atoms with E-state index in [1.165, 1.54) is 54.6 Å². The van der Waals surface area contributed by atoms with E-state index in [4.69, 9.17) is 23.2 Å². The van der Waals surface area contributed by atoms with Gasteiger partial charge in [0.05, 0.1) is 10.0 Å². The summed E-state index contributed by atoms with van der Waals surface area (Å²) in [7, 11) is 0. The van der Waals surface area contributed by atoms with Crippen molar-refractivity contribution in [1.82, 2.24) is 0 Å². The van der Waals surface area contributed by atoms with Crippen molar-refractivity contribution >= 4 is 58.5 Å². The maximum Gasteiger partial charge on any atom is 0.248 e. The van der Waals surface area contributed by atoms with E-state index in [1.54, 1.807) is 18.2 Å². The van der Waals surface area contributed by atoms with Crippen molar-refractivity contribution in [3.63, 3.8) is 0 Å². The van der Waals surface area contributed by atoms with Crippen molar-refractivity contribution in [3.8, 4) is 0 Å². The van der Waals surface area contributed by atoms with Gasteiger partial charge in [-0.1, -0.05) is 41.4 Å². The summed E-state index contributed by atoms with van der Waals surface area (Å²) in [6.07, 6.45) is 4.85. The number of carbonyl (C=O) groups is 2. The summed E-state index contributed by atoms with van der Waals surface area (Å²) in [6.45, 7) is 0. The molecule has 0 unspecified atom stereocenters. The van der Waals surface area contributed by atoms with Crippen molar-refractivity contribution in [1.29, 1.82) is 0 Å². The fourth-order valence-electron chi connectivity index (χ4n) is 2.70. The predicted molar refractivity (Wildman–Crippen MR) is 125 cm³/mol. The van der Waals surface area contributed by atoms with E-state index >= 15 is 0 Å². The zero-order chi connectivity index (χ0) is 23.1. The van der Waals surface area contributed by atoms with Crippen LogP contribution in [0.3, 0.4) is 0 Å². The molecule has 3 aromatic carbocycles. The van der Waals surface area contributed by atoms with E-state index in [0.717, 1.165) is 12.2 Å². The molecule has 0 spiro atoms. The van der Waals surface area contributed by atoms with Crippen molar-refractivity contribution in [2.24, 2.45) is 0 Å². The van der Waals surface area contributed by atoms with Crippen LogP contribution < -0.4 is 10.6 Å². The van der Waals surface area contributed by atoms with Crippen molar-refractivity contribution < 1.29 is 18.4 Å². The number of benzene rings is 3. The van der Waals surface area contributed by atoms with Gasteiger partial charge in [-0.2, -0.15) is 0 Å². The summed E-state index contributed by atoms with van der Waals surface area (Å²) < 4.78 is 27.6. The first-order valence-electron chi connectivity index (χ1n) is 9.29. The molecular formula is C24H16Cl2F2N2O2. The minimum atomic E-state index is -0.545. The Balaban J connectivity index is 1.64. The Labute approximate surface area is 193 Å². The third-order valence-corrected chi connectivity index (χ3v) is 4.86. The molecule has 0 aliphatic rings. The fourth-order valence-corrected chi connectivity index (χ4v) is 3.15. The monoisotopic (exact) mass is 472 g/mol. The van der Waals surface area contributed by atoms with E-state index in [2.05, 4.69) is 10.6 Å². The normalized spacial score (nSPS) is 11.1. The van der Waals surface area contributed by atoms with Gasteiger partial charge in [0.25, 0.3) is 0 Å². The van der Waals surface area contributed by atoms with Gasteiger partial charge in [0, 0.05) is 34.7 Å². The highest BCUT2D eigenvalue weighted by Gasteiger charge is 2.07. The molecule has 0 aliphatic carbocycles. The minimum absolute atomic E-state index is 0.104. The van der Waals surface area contributed by atoms with E-state index in [9.17, 15) is 18.4 Å². The smallest absolute Gasteiger partial charge is 0.248 e. The van der Waals surface area contributed by atoms with Gasteiger partial charge in [-0.15, -0.1) is 0 Å². The average molecular weight is 473 g/mol. The van der Waals surface area contributed by atoms with Crippen LogP contribution in [0, 0.1) is 11.6 Å². The lowest BCUT2D eigenvalue weighted by Crippen LogP contribution is -2.10. The third-order valence-electron chi connectivity index (χ3n) is 4.20. The van der Waals surface area contributed by atoms with Crippen LogP contribution in [-0.2, 0) is 9.59 Å². The Morgan fingerprint density at radius 2 is 1.09 bits per heavy atom. The molecule has 0 saturated carbocycles. The molecule has 0 bridgehead atoms. The predicted octanol–water partition coefficient (Wildman–Crippen LogP) is 6.58. The standard InChI is InChI=1S/C24H16Cl2F2N2O2/c25-19-6-2-8-21(27)17(19)10-12-23(31)29-15-4-1-5-16(14-15)30-24(32)13-11-18-20(26)7-3-9-22(18)28/h1-14H,(H,29,31)(H,30,32). The molecule has 4 nitrogen and oxygen atoms in total. The Morgan fingerprint density at radius 3 is 1.50 bits per heavy atom. The lowest BCUT2D eigenvalue weighted by atomic mass is 10.2. The highest BCUT2D eigenvalue weighted by atomic mass is 35.5. The molecule has 0 aliphatic heterocycles. The Bertz CT molecular complexity index is 1100. The lowest BCUT2D eigenvalue weighted by Gasteiger charge is -2.07. The summed E-state index contributed by atoms with van der Waals surface area (Å²) >= 11 is 11.9. The quantitative estimate of drug-likeness (QED) is 0.398. The summed E-state index contributed by atoms with van der Waals surface area (Å²) in [5, 5.41) is 5.59. The van der Waals surface area contributed by atoms with Crippen LogP contribution in [0.25, 0.3) is 12.2 Å². The summed E-state index contributed by atoms with van der Waals surface area (Å²) in [5.41, 5.74) is 1.01. The third kappa shape index (κ3) is 6.26. The van der Waals surface area contributed by atoms with Gasteiger partial charge in [0.2, 0.25) is 11.8 Å². The second kappa shape index (κ2) is 10.7. The van der Waals surface area contributed by atoms with E-state index in [-0.39, 0.29) is 21.2 Å². The molecule has 0 heterocycles. The van der Waals surface area contributed by atoms with Crippen molar-refractivity contribution in [2.45, 2.75) is 0 Å². The van der Waals surface area contributed by atoms with Gasteiger partial charge >= 0.3 is 0 Å². The molecule has 0 radical (unpaired) electrons. The number of hydrogen-bond donors (Lipinski definition) is 2. The largest absolute Gasteiger partial charge is 0.322 e. The molecule has 2 amide bonds. The van der Waals surface area contributed by atoms with Gasteiger partial charge in [-0.3, -0.25) is 9.59 Å². The van der Waals surface area contributed by atoms with E-state index in [1.807, 2.05) is 0 Å². The zero-order valence-electron chi connectivity index (χ0n) is 16.4. The molecule has 0 aromatic heterocycles. The summed E-state index contributed by atoms with van der Waals surface area (Å²) in [5.74, 6) is -2.12. The molecule has 0 fully saturated rings. The first kappa shape index (κ1) is 23.2. The Kier molecular flexibility index (Phi) is 7.76.